The minimum Gasteiger partial charge on any atom is -0.399 e. The van der Waals surface area contributed by atoms with E-state index in [9.17, 15) is 0 Å². The van der Waals surface area contributed by atoms with Gasteiger partial charge in [0.05, 0.1) is 39.1 Å². The van der Waals surface area contributed by atoms with Gasteiger partial charge in [-0.3, -0.25) is 0 Å². The summed E-state index contributed by atoms with van der Waals surface area (Å²) in [7, 11) is -0.484. The van der Waals surface area contributed by atoms with Gasteiger partial charge in [-0.2, -0.15) is 0 Å². The minimum atomic E-state index is -0.515. The van der Waals surface area contributed by atoms with Gasteiger partial charge < -0.3 is 9.31 Å². The number of nitrogens with zero attached hydrogens (tertiary/aromatic N) is 2. The van der Waals surface area contributed by atoms with Crippen molar-refractivity contribution in [3.63, 3.8) is 0 Å². The summed E-state index contributed by atoms with van der Waals surface area (Å²) in [4.78, 5) is 9.91. The van der Waals surface area contributed by atoms with Crippen molar-refractivity contribution in [2.75, 3.05) is 0 Å². The largest absolute Gasteiger partial charge is 0.495 e. The highest BCUT2D eigenvalue weighted by Gasteiger charge is 2.58. The Morgan fingerprint density at radius 3 is 0.867 bits per heavy atom. The third-order valence-electron chi connectivity index (χ3n) is 27.8. The number of fused-ring (bicyclic) bond motifs is 18. The smallest absolute Gasteiger partial charge is 0.399 e. The summed E-state index contributed by atoms with van der Waals surface area (Å²) in [6.07, 6.45) is 0. The molecule has 128 heavy (non-hydrogen) atoms. The van der Waals surface area contributed by atoms with Crippen LogP contribution in [0.3, 0.4) is 0 Å². The van der Waals surface area contributed by atoms with Crippen LogP contribution in [0.15, 0.2) is 425 Å². The molecule has 0 unspecified atom stereocenters. The van der Waals surface area contributed by atoms with E-state index in [0.29, 0.717) is 5.15 Å². The van der Waals surface area contributed by atoms with Crippen molar-refractivity contribution >= 4 is 24.2 Å². The normalized spacial score (nSPS) is 14.9. The average molecular weight is 1670 g/mol. The summed E-state index contributed by atoms with van der Waals surface area (Å²) in [6.45, 7) is 18.1. The Kier molecular flexibility index (Phi) is 21.6. The maximum absolute atomic E-state index is 6.79. The molecule has 5 aliphatic rings. The van der Waals surface area contributed by atoms with E-state index in [1.54, 1.807) is 0 Å². The van der Waals surface area contributed by atoms with Crippen LogP contribution in [0.2, 0.25) is 5.15 Å². The van der Waals surface area contributed by atoms with E-state index < -0.39 is 29.2 Å². The minimum absolute atomic E-state index is 0. The lowest BCUT2D eigenvalue weighted by molar-refractivity contribution is 0.00578. The summed E-state index contributed by atoms with van der Waals surface area (Å²) >= 11 is 6.14. The lowest BCUT2D eigenvalue weighted by Gasteiger charge is -2.46. The van der Waals surface area contributed by atoms with Gasteiger partial charge in [0.2, 0.25) is 0 Å². The third kappa shape index (κ3) is 13.9. The summed E-state index contributed by atoms with van der Waals surface area (Å²) in [5, 5.41) is 0.514. The summed E-state index contributed by atoms with van der Waals surface area (Å²) in [5.74, 6) is 0. The highest BCUT2D eigenvalue weighted by Crippen LogP contribution is 2.66. The predicted octanol–water partition coefficient (Wildman–Crippen LogP) is 31.1. The molecule has 0 radical (unpaired) electrons. The second-order valence-corrected chi connectivity index (χ2v) is 36.5. The van der Waals surface area contributed by atoms with Gasteiger partial charge in [-0.05, 0) is 225 Å². The molecule has 1 saturated heterocycles. The van der Waals surface area contributed by atoms with Gasteiger partial charge in [-0.15, -0.1) is 0 Å². The van der Waals surface area contributed by atoms with Crippen LogP contribution in [-0.4, -0.2) is 28.3 Å². The molecule has 6 heteroatoms. The standard InChI is InChI=1S/C57H41N.C46H41BO2.C17H12ClN.2CH4/c1-56(2)48-24-12-14-26-50(48)57(51-27-15-13-25-49(51)56)47-34-33-43(41-31-29-40(30-32-41)38-17-6-3-7-18-38)35-46(47)55-45(23-16-28-52(55)57)54-37-44(39-19-8-4-9-20-39)36-53(58-54)42-21-10-5-11-22-42;1-43(2)36-17-10-12-19-38(36)46(39-20-13-11-18-37(39)43)35-28-27-33(32-25-23-31(24-26-32)30-15-8-7-9-16-30)29-34(35)42-40(46)21-14-22-41(42)47-48-44(3,4)45(5,6)49-47;18-17-12-15(13-7-3-1-4-8-13)11-16(19-17)14-9-5-2-6-10-14;;/h3-37H,1-2H3;7-29H,1-6H3;1-12H;2*1H4. The molecule has 0 bridgehead atoms. The molecule has 2 aromatic heterocycles. The molecule has 23 rings (SSSR count). The highest BCUT2D eigenvalue weighted by molar-refractivity contribution is 6.64. The molecule has 0 amide bonds. The zero-order valence-corrected chi connectivity index (χ0v) is 72.8. The molecule has 0 atom stereocenters. The van der Waals surface area contributed by atoms with Gasteiger partial charge in [0.1, 0.15) is 5.15 Å². The Morgan fingerprint density at radius 1 is 0.211 bits per heavy atom. The van der Waals surface area contributed by atoms with Crippen molar-refractivity contribution in [2.24, 2.45) is 0 Å². The molecule has 0 saturated carbocycles. The monoisotopic (exact) mass is 1670 g/mol. The van der Waals surface area contributed by atoms with Crippen LogP contribution >= 0.6 is 11.6 Å². The number of halogens is 1. The second kappa shape index (κ2) is 33.1. The summed E-state index contributed by atoms with van der Waals surface area (Å²) < 4.78 is 13.6. The summed E-state index contributed by atoms with van der Waals surface area (Å²) in [6, 6.07) is 154. The first-order valence-corrected chi connectivity index (χ1v) is 44.3. The highest BCUT2D eigenvalue weighted by atomic mass is 35.5. The fraction of sp³-hybridized carbons (Fsp3) is 0.131. The molecule has 3 heterocycles. The average Bonchev–Trinajstić information content (AvgIpc) is 1.49. The van der Waals surface area contributed by atoms with Gasteiger partial charge in [0.25, 0.3) is 0 Å². The fourth-order valence-corrected chi connectivity index (χ4v) is 21.1. The number of benzene rings is 16. The van der Waals surface area contributed by atoms with Crippen LogP contribution in [-0.2, 0) is 31.0 Å². The van der Waals surface area contributed by atoms with E-state index >= 15 is 0 Å². The van der Waals surface area contributed by atoms with Crippen LogP contribution in [0.25, 0.3) is 123 Å². The second-order valence-electron chi connectivity index (χ2n) is 36.1. The van der Waals surface area contributed by atoms with Crippen molar-refractivity contribution in [2.45, 2.75) is 103 Å². The quantitative estimate of drug-likeness (QED) is 0.101. The zero-order chi connectivity index (χ0) is 85.7. The molecular formula is C122H102BClN2O2. The Balaban J connectivity index is 0.000000138. The molecule has 1 fully saturated rings. The van der Waals surface area contributed by atoms with E-state index in [1.807, 2.05) is 54.6 Å². The number of hydrogen-bond donors (Lipinski definition) is 0. The fourth-order valence-electron chi connectivity index (χ4n) is 20.9. The Bertz CT molecular complexity index is 6960. The van der Waals surface area contributed by atoms with Crippen molar-refractivity contribution in [3.05, 3.63) is 497 Å². The number of aromatic nitrogens is 2. The SMILES string of the molecule is C.C.CC1(C)c2ccccc2C2(c3ccc(-c4ccc(-c5ccccc5)cc4)cc3-c3c(-c4cc(-c5ccccc5)cc(-c5ccccc5)n4)cccc32)c2ccccc21.CC1(C)c2ccccc2C2(c3ccc(-c4ccc(-c5ccccc5)cc4)cc3-c3c(B4OC(C)(C)C(C)(C)O4)cccc32)c2ccccc21.Clc1cc(-c2ccccc2)cc(-c2ccccc2)n1. The van der Waals surface area contributed by atoms with Gasteiger partial charge in [-0.25, -0.2) is 9.97 Å². The molecule has 18 aromatic rings. The van der Waals surface area contributed by atoms with Gasteiger partial charge >= 0.3 is 7.12 Å². The molecule has 4 aliphatic carbocycles. The van der Waals surface area contributed by atoms with Gasteiger partial charge in [0, 0.05) is 27.5 Å². The lowest BCUT2D eigenvalue weighted by Crippen LogP contribution is -2.41. The van der Waals surface area contributed by atoms with Crippen molar-refractivity contribution in [3.8, 4) is 123 Å². The van der Waals surface area contributed by atoms with E-state index in [-0.39, 0.29) is 25.7 Å². The Hall–Kier alpha value is -13.9. The molecule has 2 spiro atoms. The Labute approximate surface area is 760 Å². The predicted molar refractivity (Wildman–Crippen MR) is 537 cm³/mol. The van der Waals surface area contributed by atoms with Gasteiger partial charge in [-0.1, -0.05) is 442 Å². The van der Waals surface area contributed by atoms with Crippen LogP contribution < -0.4 is 5.46 Å². The van der Waals surface area contributed by atoms with Crippen molar-refractivity contribution < 1.29 is 9.31 Å². The van der Waals surface area contributed by atoms with Crippen molar-refractivity contribution in [1.82, 2.24) is 9.97 Å². The molecular weight excluding hydrogens is 1570 g/mol. The number of rotatable bonds is 10. The van der Waals surface area contributed by atoms with E-state index in [2.05, 4.69) is 430 Å². The van der Waals surface area contributed by atoms with Crippen molar-refractivity contribution in [1.29, 1.82) is 0 Å². The molecule has 0 N–H and O–H groups in total. The first-order valence-electron chi connectivity index (χ1n) is 43.9. The van der Waals surface area contributed by atoms with Gasteiger partial charge in [0.15, 0.2) is 0 Å². The third-order valence-corrected chi connectivity index (χ3v) is 28.0. The molecule has 1 aliphatic heterocycles. The van der Waals surface area contributed by atoms with Crippen LogP contribution in [0, 0.1) is 0 Å². The first-order chi connectivity index (χ1) is 61.4. The Morgan fingerprint density at radius 2 is 0.484 bits per heavy atom. The number of hydrogen-bond acceptors (Lipinski definition) is 4. The van der Waals surface area contributed by atoms with E-state index in [1.165, 1.54) is 139 Å². The summed E-state index contributed by atoms with van der Waals surface area (Å²) in [5.41, 5.74) is 40.3. The van der Waals surface area contributed by atoms with E-state index in [4.69, 9.17) is 25.9 Å². The number of pyridine rings is 2. The van der Waals surface area contributed by atoms with Crippen LogP contribution in [0.5, 0.6) is 0 Å². The molecule has 16 aromatic carbocycles. The topological polar surface area (TPSA) is 44.2 Å². The maximum atomic E-state index is 6.79. The lowest BCUT2D eigenvalue weighted by atomic mass is 9.55. The first kappa shape index (κ1) is 83.6. The van der Waals surface area contributed by atoms with Crippen LogP contribution in [0.1, 0.15) is 137 Å². The zero-order valence-electron chi connectivity index (χ0n) is 72.1. The van der Waals surface area contributed by atoms with E-state index in [0.717, 1.165) is 55.9 Å². The molecule has 4 nitrogen and oxygen atoms in total. The van der Waals surface area contributed by atoms with Crippen LogP contribution in [0.4, 0.5) is 0 Å². The maximum Gasteiger partial charge on any atom is 0.495 e. The molecule has 622 valence electrons.